The van der Waals surface area contributed by atoms with Crippen LogP contribution in [0, 0.1) is 11.8 Å². The Hall–Kier alpha value is -0.340. The highest BCUT2D eigenvalue weighted by atomic mass is 16.5. The zero-order valence-electron chi connectivity index (χ0n) is 6.03. The minimum Gasteiger partial charge on any atom is -0.392 e. The third-order valence-corrected chi connectivity index (χ3v) is 2.46. The van der Waals surface area contributed by atoms with Crippen LogP contribution < -0.4 is 0 Å². The molecule has 0 aliphatic heterocycles. The van der Waals surface area contributed by atoms with Crippen molar-refractivity contribution in [2.75, 3.05) is 6.61 Å². The van der Waals surface area contributed by atoms with E-state index in [9.17, 15) is 5.11 Å². The Morgan fingerprint density at radius 1 is 1.40 bits per heavy atom. The fourth-order valence-electron chi connectivity index (χ4n) is 1.87. The SMILES string of the molecule is CCOC1[C@@H]2C=C[C@H]1C2O. The van der Waals surface area contributed by atoms with E-state index < -0.39 is 0 Å². The number of rotatable bonds is 2. The number of aliphatic hydroxyl groups excluding tert-OH is 1. The Bertz CT molecular complexity index is 151. The summed E-state index contributed by atoms with van der Waals surface area (Å²) in [5.74, 6) is 0.592. The minimum atomic E-state index is -0.142. The van der Waals surface area contributed by atoms with Crippen molar-refractivity contribution < 1.29 is 9.84 Å². The Kier molecular flexibility index (Phi) is 1.32. The lowest BCUT2D eigenvalue weighted by atomic mass is 9.76. The zero-order valence-corrected chi connectivity index (χ0v) is 6.03. The zero-order chi connectivity index (χ0) is 7.14. The van der Waals surface area contributed by atoms with Gasteiger partial charge in [-0.3, -0.25) is 0 Å². The predicted octanol–water partition coefficient (Wildman–Crippen LogP) is 0.568. The normalized spacial score (nSPS) is 49.4. The topological polar surface area (TPSA) is 29.5 Å². The standard InChI is InChI=1S/C8H12O2/c1-2-10-8-5-3-4-6(8)7(5)9/h3-9H,2H2,1H3/t5-,6+,7?,8?. The summed E-state index contributed by atoms with van der Waals surface area (Å²) in [6.45, 7) is 2.75. The second-order valence-electron chi connectivity index (χ2n) is 2.95. The van der Waals surface area contributed by atoms with Gasteiger partial charge in [-0.2, -0.15) is 0 Å². The second-order valence-corrected chi connectivity index (χ2v) is 2.95. The van der Waals surface area contributed by atoms with E-state index in [4.69, 9.17) is 4.74 Å². The first-order valence-electron chi connectivity index (χ1n) is 3.82. The van der Waals surface area contributed by atoms with Gasteiger partial charge in [0.05, 0.1) is 12.2 Å². The van der Waals surface area contributed by atoms with Gasteiger partial charge in [0.25, 0.3) is 0 Å². The molecule has 3 rings (SSSR count). The molecule has 1 saturated carbocycles. The molecule has 3 aliphatic rings. The van der Waals surface area contributed by atoms with E-state index in [1.165, 1.54) is 0 Å². The van der Waals surface area contributed by atoms with Crippen LogP contribution in [0.15, 0.2) is 12.2 Å². The number of ether oxygens (including phenoxy) is 1. The average molecular weight is 140 g/mol. The Morgan fingerprint density at radius 2 is 2.00 bits per heavy atom. The molecule has 10 heavy (non-hydrogen) atoms. The maximum Gasteiger partial charge on any atom is 0.0750 e. The summed E-state index contributed by atoms with van der Waals surface area (Å²) >= 11 is 0. The molecule has 0 radical (unpaired) electrons. The van der Waals surface area contributed by atoms with Gasteiger partial charge in [0, 0.05) is 18.4 Å². The van der Waals surface area contributed by atoms with Crippen LogP contribution in [0.4, 0.5) is 0 Å². The van der Waals surface area contributed by atoms with Crippen LogP contribution in [-0.4, -0.2) is 23.9 Å². The number of hydrogen-bond acceptors (Lipinski definition) is 2. The van der Waals surface area contributed by atoms with Crippen LogP contribution in [0.25, 0.3) is 0 Å². The van der Waals surface area contributed by atoms with Gasteiger partial charge in [-0.05, 0) is 6.92 Å². The van der Waals surface area contributed by atoms with Crippen molar-refractivity contribution in [3.05, 3.63) is 12.2 Å². The molecule has 2 nitrogen and oxygen atoms in total. The molecule has 2 bridgehead atoms. The molecule has 4 atom stereocenters. The monoisotopic (exact) mass is 140 g/mol. The second kappa shape index (κ2) is 2.07. The lowest BCUT2D eigenvalue weighted by Crippen LogP contribution is -2.50. The molecule has 0 aromatic rings. The molecular formula is C8H12O2. The van der Waals surface area contributed by atoms with Crippen molar-refractivity contribution in [1.82, 2.24) is 0 Å². The van der Waals surface area contributed by atoms with E-state index >= 15 is 0 Å². The van der Waals surface area contributed by atoms with Crippen molar-refractivity contribution >= 4 is 0 Å². The van der Waals surface area contributed by atoms with E-state index in [2.05, 4.69) is 12.2 Å². The van der Waals surface area contributed by atoms with Crippen LogP contribution in [0.3, 0.4) is 0 Å². The highest BCUT2D eigenvalue weighted by molar-refractivity contribution is 5.22. The highest BCUT2D eigenvalue weighted by Gasteiger charge is 2.51. The van der Waals surface area contributed by atoms with Crippen LogP contribution in [-0.2, 0) is 4.74 Å². The van der Waals surface area contributed by atoms with E-state index in [-0.39, 0.29) is 6.10 Å². The Morgan fingerprint density at radius 3 is 2.40 bits per heavy atom. The minimum absolute atomic E-state index is 0.142. The average Bonchev–Trinajstić information content (AvgIpc) is 2.48. The van der Waals surface area contributed by atoms with Gasteiger partial charge in [-0.1, -0.05) is 12.2 Å². The largest absolute Gasteiger partial charge is 0.392 e. The van der Waals surface area contributed by atoms with E-state index in [0.29, 0.717) is 17.9 Å². The van der Waals surface area contributed by atoms with Gasteiger partial charge in [-0.25, -0.2) is 0 Å². The first-order valence-corrected chi connectivity index (χ1v) is 3.82. The van der Waals surface area contributed by atoms with Gasteiger partial charge < -0.3 is 9.84 Å². The van der Waals surface area contributed by atoms with Crippen LogP contribution >= 0.6 is 0 Å². The number of hydrogen-bond donors (Lipinski definition) is 1. The molecule has 0 saturated heterocycles. The summed E-state index contributed by atoms with van der Waals surface area (Å²) in [7, 11) is 0. The van der Waals surface area contributed by atoms with E-state index in [0.717, 1.165) is 6.61 Å². The summed E-state index contributed by atoms with van der Waals surface area (Å²) in [4.78, 5) is 0. The third kappa shape index (κ3) is 0.607. The summed E-state index contributed by atoms with van der Waals surface area (Å²) in [6.07, 6.45) is 4.28. The maximum absolute atomic E-state index is 9.30. The van der Waals surface area contributed by atoms with Crippen molar-refractivity contribution in [2.24, 2.45) is 11.8 Å². The molecule has 56 valence electrons. The molecule has 0 heterocycles. The van der Waals surface area contributed by atoms with Crippen LogP contribution in [0.5, 0.6) is 0 Å². The highest BCUT2D eigenvalue weighted by Crippen LogP contribution is 2.44. The fraction of sp³-hybridized carbons (Fsp3) is 0.750. The molecule has 3 aliphatic carbocycles. The first kappa shape index (κ1) is 6.38. The molecule has 2 heteroatoms. The van der Waals surface area contributed by atoms with E-state index in [1.807, 2.05) is 6.92 Å². The van der Waals surface area contributed by atoms with Crippen LogP contribution in [0.1, 0.15) is 6.92 Å². The molecule has 2 unspecified atom stereocenters. The summed E-state index contributed by atoms with van der Waals surface area (Å²) in [5.41, 5.74) is 0. The fourth-order valence-corrected chi connectivity index (χ4v) is 1.87. The predicted molar refractivity (Wildman–Crippen MR) is 37.5 cm³/mol. The molecule has 0 aromatic heterocycles. The van der Waals surface area contributed by atoms with Gasteiger partial charge in [0.2, 0.25) is 0 Å². The van der Waals surface area contributed by atoms with Gasteiger partial charge in [-0.15, -0.1) is 0 Å². The number of aliphatic hydroxyl groups is 1. The third-order valence-electron chi connectivity index (χ3n) is 2.46. The molecule has 0 spiro atoms. The van der Waals surface area contributed by atoms with Crippen LogP contribution in [0.2, 0.25) is 0 Å². The summed E-state index contributed by atoms with van der Waals surface area (Å²) in [6, 6.07) is 0. The molecule has 0 aromatic carbocycles. The lowest BCUT2D eigenvalue weighted by molar-refractivity contribution is -0.127. The first-order chi connectivity index (χ1) is 4.84. The van der Waals surface area contributed by atoms with Gasteiger partial charge in [0.1, 0.15) is 0 Å². The summed E-state index contributed by atoms with van der Waals surface area (Å²) < 4.78 is 5.41. The Balaban J connectivity index is 1.96. The molecule has 1 fully saturated rings. The smallest absolute Gasteiger partial charge is 0.0750 e. The lowest BCUT2D eigenvalue weighted by Gasteiger charge is -2.40. The van der Waals surface area contributed by atoms with Crippen molar-refractivity contribution in [2.45, 2.75) is 19.1 Å². The summed E-state index contributed by atoms with van der Waals surface area (Å²) in [5, 5.41) is 9.30. The maximum atomic E-state index is 9.30. The van der Waals surface area contributed by atoms with Crippen molar-refractivity contribution in [3.8, 4) is 0 Å². The van der Waals surface area contributed by atoms with Crippen molar-refractivity contribution in [1.29, 1.82) is 0 Å². The van der Waals surface area contributed by atoms with Gasteiger partial charge in [0.15, 0.2) is 0 Å². The Labute approximate surface area is 60.5 Å². The quantitative estimate of drug-likeness (QED) is 0.568. The molecular weight excluding hydrogens is 128 g/mol. The van der Waals surface area contributed by atoms with Gasteiger partial charge >= 0.3 is 0 Å². The molecule has 1 N–H and O–H groups in total. The van der Waals surface area contributed by atoms with E-state index in [1.54, 1.807) is 0 Å². The van der Waals surface area contributed by atoms with Crippen molar-refractivity contribution in [3.63, 3.8) is 0 Å². The molecule has 0 amide bonds.